The van der Waals surface area contributed by atoms with Crippen LogP contribution in [0.15, 0.2) is 36.7 Å². The fourth-order valence-electron chi connectivity index (χ4n) is 2.32. The van der Waals surface area contributed by atoms with Crippen molar-refractivity contribution in [3.63, 3.8) is 0 Å². The van der Waals surface area contributed by atoms with E-state index in [0.717, 1.165) is 23.4 Å². The molecular formula is C14H16N2O2. The predicted octanol–water partition coefficient (Wildman–Crippen LogP) is 2.46. The van der Waals surface area contributed by atoms with Gasteiger partial charge in [-0.25, -0.2) is 0 Å². The second kappa shape index (κ2) is 4.46. The van der Waals surface area contributed by atoms with Gasteiger partial charge < -0.3 is 9.84 Å². The molecule has 4 nitrogen and oxygen atoms in total. The molecule has 1 aromatic heterocycles. The first-order valence-electron chi connectivity index (χ1n) is 6.24. The van der Waals surface area contributed by atoms with Gasteiger partial charge in [0, 0.05) is 30.3 Å². The molecule has 1 unspecified atom stereocenters. The molecule has 0 saturated heterocycles. The van der Waals surface area contributed by atoms with Crippen molar-refractivity contribution in [1.82, 2.24) is 9.78 Å². The lowest BCUT2D eigenvalue weighted by atomic mass is 9.96. The van der Waals surface area contributed by atoms with Crippen molar-refractivity contribution in [3.05, 3.63) is 47.8 Å². The molecule has 1 aliphatic rings. The fourth-order valence-corrected chi connectivity index (χ4v) is 2.32. The van der Waals surface area contributed by atoms with Crippen molar-refractivity contribution in [2.75, 3.05) is 0 Å². The second-order valence-electron chi connectivity index (χ2n) is 4.53. The Hall–Kier alpha value is -1.81. The summed E-state index contributed by atoms with van der Waals surface area (Å²) in [6.45, 7) is 2.88. The number of ether oxygens (including phenoxy) is 1. The van der Waals surface area contributed by atoms with Gasteiger partial charge in [-0.2, -0.15) is 5.10 Å². The highest BCUT2D eigenvalue weighted by molar-refractivity contribution is 5.37. The molecule has 3 rings (SSSR count). The maximum atomic E-state index is 10.1. The molecule has 0 bridgehead atoms. The molecule has 1 N–H and O–H groups in total. The van der Waals surface area contributed by atoms with Crippen LogP contribution in [0.25, 0.3) is 0 Å². The molecule has 0 amide bonds. The molecule has 0 radical (unpaired) electrons. The molecule has 4 heteroatoms. The second-order valence-corrected chi connectivity index (χ2v) is 4.53. The predicted molar refractivity (Wildman–Crippen MR) is 67.3 cm³/mol. The summed E-state index contributed by atoms with van der Waals surface area (Å²) in [5.41, 5.74) is 1.89. The zero-order valence-corrected chi connectivity index (χ0v) is 10.3. The van der Waals surface area contributed by atoms with Crippen molar-refractivity contribution >= 4 is 0 Å². The van der Waals surface area contributed by atoms with Crippen LogP contribution in [0, 0.1) is 0 Å². The molecule has 0 fully saturated rings. The van der Waals surface area contributed by atoms with Crippen LogP contribution in [-0.2, 0) is 6.54 Å². The van der Waals surface area contributed by atoms with E-state index in [2.05, 4.69) is 5.10 Å². The lowest BCUT2D eigenvalue weighted by Crippen LogP contribution is -2.18. The number of para-hydroxylation sites is 1. The van der Waals surface area contributed by atoms with E-state index >= 15 is 0 Å². The molecule has 2 heterocycles. The summed E-state index contributed by atoms with van der Waals surface area (Å²) in [6.07, 6.45) is 3.78. The summed E-state index contributed by atoms with van der Waals surface area (Å²) in [5.74, 6) is 0.769. The van der Waals surface area contributed by atoms with E-state index in [4.69, 9.17) is 4.74 Å². The van der Waals surface area contributed by atoms with Crippen LogP contribution >= 0.6 is 0 Å². The highest BCUT2D eigenvalue weighted by atomic mass is 16.5. The molecule has 18 heavy (non-hydrogen) atoms. The number of nitrogens with zero attached hydrogens (tertiary/aromatic N) is 2. The van der Waals surface area contributed by atoms with E-state index in [1.807, 2.05) is 48.3 Å². The summed E-state index contributed by atoms with van der Waals surface area (Å²) in [7, 11) is 0. The minimum atomic E-state index is -0.468. The first kappa shape index (κ1) is 11.3. The maximum absolute atomic E-state index is 10.1. The van der Waals surface area contributed by atoms with Gasteiger partial charge in [-0.3, -0.25) is 4.68 Å². The van der Waals surface area contributed by atoms with E-state index < -0.39 is 6.10 Å². The Morgan fingerprint density at radius 2 is 2.28 bits per heavy atom. The smallest absolute Gasteiger partial charge is 0.130 e. The third kappa shape index (κ3) is 1.88. The Kier molecular flexibility index (Phi) is 2.80. The van der Waals surface area contributed by atoms with E-state index in [-0.39, 0.29) is 6.10 Å². The number of benzene rings is 1. The van der Waals surface area contributed by atoms with E-state index in [9.17, 15) is 5.11 Å². The molecule has 1 aliphatic heterocycles. The van der Waals surface area contributed by atoms with Crippen LogP contribution < -0.4 is 4.74 Å². The van der Waals surface area contributed by atoms with Crippen LogP contribution in [-0.4, -0.2) is 14.9 Å². The summed E-state index contributed by atoms with van der Waals surface area (Å²) in [5, 5.41) is 14.4. The van der Waals surface area contributed by atoms with Crippen LogP contribution in [0.3, 0.4) is 0 Å². The number of hydrogen-bond donors (Lipinski definition) is 1. The average molecular weight is 244 g/mol. The van der Waals surface area contributed by atoms with Gasteiger partial charge in [0.05, 0.1) is 12.3 Å². The summed E-state index contributed by atoms with van der Waals surface area (Å²) in [6, 6.07) is 7.64. The van der Waals surface area contributed by atoms with Crippen LogP contribution in [0.4, 0.5) is 0 Å². The molecular weight excluding hydrogens is 228 g/mol. The lowest BCUT2D eigenvalue weighted by molar-refractivity contribution is 0.0657. The highest BCUT2D eigenvalue weighted by Gasteiger charge is 2.28. The largest absolute Gasteiger partial charge is 0.485 e. The Bertz CT molecular complexity index is 550. The zero-order chi connectivity index (χ0) is 12.5. The number of aliphatic hydroxyl groups is 1. The van der Waals surface area contributed by atoms with Crippen molar-refractivity contribution in [2.24, 2.45) is 0 Å². The van der Waals surface area contributed by atoms with Crippen LogP contribution in [0.1, 0.15) is 36.7 Å². The number of aromatic nitrogens is 2. The third-order valence-corrected chi connectivity index (χ3v) is 3.33. The van der Waals surface area contributed by atoms with Crippen LogP contribution in [0.5, 0.6) is 5.75 Å². The summed E-state index contributed by atoms with van der Waals surface area (Å²) >= 11 is 0. The molecule has 2 atom stereocenters. The monoisotopic (exact) mass is 244 g/mol. The quantitative estimate of drug-likeness (QED) is 0.882. The van der Waals surface area contributed by atoms with Crippen molar-refractivity contribution in [1.29, 1.82) is 0 Å². The molecule has 0 saturated carbocycles. The van der Waals surface area contributed by atoms with Gasteiger partial charge in [0.15, 0.2) is 0 Å². The first-order valence-corrected chi connectivity index (χ1v) is 6.24. The maximum Gasteiger partial charge on any atom is 0.130 e. The number of fused-ring (bicyclic) bond motifs is 1. The molecule has 94 valence electrons. The Morgan fingerprint density at radius 1 is 1.44 bits per heavy atom. The topological polar surface area (TPSA) is 47.3 Å². The minimum Gasteiger partial charge on any atom is -0.485 e. The first-order chi connectivity index (χ1) is 8.78. The number of aryl methyl sites for hydroxylation is 1. The summed E-state index contributed by atoms with van der Waals surface area (Å²) in [4.78, 5) is 0. The van der Waals surface area contributed by atoms with Crippen molar-refractivity contribution in [3.8, 4) is 5.75 Å². The highest BCUT2D eigenvalue weighted by Crippen LogP contribution is 2.40. The Labute approximate surface area is 106 Å². The SMILES string of the molecule is CCn1cc(C2C[C@@H](O)c3ccccc3O2)cn1. The van der Waals surface area contributed by atoms with Crippen molar-refractivity contribution < 1.29 is 9.84 Å². The molecule has 2 aromatic rings. The van der Waals surface area contributed by atoms with E-state index in [1.54, 1.807) is 0 Å². The molecule has 0 spiro atoms. The normalized spacial score (nSPS) is 22.3. The van der Waals surface area contributed by atoms with Gasteiger partial charge in [-0.05, 0) is 13.0 Å². The van der Waals surface area contributed by atoms with Gasteiger partial charge in [-0.1, -0.05) is 18.2 Å². The number of hydrogen-bond acceptors (Lipinski definition) is 3. The van der Waals surface area contributed by atoms with Gasteiger partial charge in [-0.15, -0.1) is 0 Å². The number of aliphatic hydroxyl groups excluding tert-OH is 1. The van der Waals surface area contributed by atoms with E-state index in [0.29, 0.717) is 6.42 Å². The van der Waals surface area contributed by atoms with Gasteiger partial charge in [0.1, 0.15) is 11.9 Å². The third-order valence-electron chi connectivity index (χ3n) is 3.33. The summed E-state index contributed by atoms with van der Waals surface area (Å²) < 4.78 is 7.80. The Balaban J connectivity index is 1.89. The lowest BCUT2D eigenvalue weighted by Gasteiger charge is -2.28. The average Bonchev–Trinajstić information content (AvgIpc) is 2.87. The van der Waals surface area contributed by atoms with Gasteiger partial charge >= 0.3 is 0 Å². The van der Waals surface area contributed by atoms with Crippen LogP contribution in [0.2, 0.25) is 0 Å². The zero-order valence-electron chi connectivity index (χ0n) is 10.3. The molecule has 1 aromatic carbocycles. The standard InChI is InChI=1S/C14H16N2O2/c1-2-16-9-10(8-15-16)14-7-12(17)11-5-3-4-6-13(11)18-14/h3-6,8-9,12,14,17H,2,7H2,1H3/t12-,14?/m1/s1. The van der Waals surface area contributed by atoms with Gasteiger partial charge in [0.2, 0.25) is 0 Å². The number of rotatable bonds is 2. The van der Waals surface area contributed by atoms with E-state index in [1.165, 1.54) is 0 Å². The minimum absolute atomic E-state index is 0.116. The fraction of sp³-hybridized carbons (Fsp3) is 0.357. The molecule has 0 aliphatic carbocycles. The van der Waals surface area contributed by atoms with Crippen molar-refractivity contribution in [2.45, 2.75) is 32.1 Å². The van der Waals surface area contributed by atoms with Gasteiger partial charge in [0.25, 0.3) is 0 Å². The Morgan fingerprint density at radius 3 is 3.06 bits per heavy atom.